The molecule has 2 heterocycles. The average Bonchev–Trinajstić information content (AvgIpc) is 2.82. The van der Waals surface area contributed by atoms with Gasteiger partial charge in [0.1, 0.15) is 5.75 Å². The molecule has 0 fully saturated rings. The van der Waals surface area contributed by atoms with E-state index >= 15 is 0 Å². The van der Waals surface area contributed by atoms with E-state index in [0.717, 1.165) is 22.0 Å². The van der Waals surface area contributed by atoms with Gasteiger partial charge in [-0.15, -0.1) is 11.3 Å². The lowest BCUT2D eigenvalue weighted by molar-refractivity contribution is 0.475. The summed E-state index contributed by atoms with van der Waals surface area (Å²) in [6.07, 6.45) is 2.11. The third kappa shape index (κ3) is 2.29. The first-order chi connectivity index (χ1) is 9.13. The van der Waals surface area contributed by atoms with E-state index in [0.29, 0.717) is 6.54 Å². The highest BCUT2D eigenvalue weighted by Gasteiger charge is 2.10. The molecule has 1 aromatic carbocycles. The second-order valence-electron chi connectivity index (χ2n) is 4.54. The summed E-state index contributed by atoms with van der Waals surface area (Å²) >= 11 is 1.70. The number of imidazole rings is 1. The van der Waals surface area contributed by atoms with Crippen LogP contribution in [0.4, 0.5) is 5.69 Å². The highest BCUT2D eigenvalue weighted by Crippen LogP contribution is 2.22. The zero-order valence-electron chi connectivity index (χ0n) is 10.8. The molecule has 0 bridgehead atoms. The number of rotatable bonds is 3. The van der Waals surface area contributed by atoms with Crippen molar-refractivity contribution in [1.82, 2.24) is 9.38 Å². The fourth-order valence-corrected chi connectivity index (χ4v) is 3.01. The summed E-state index contributed by atoms with van der Waals surface area (Å²) in [6.45, 7) is 4.79. The van der Waals surface area contributed by atoms with E-state index in [2.05, 4.69) is 27.8 Å². The lowest BCUT2D eigenvalue weighted by Crippen LogP contribution is -2.03. The lowest BCUT2D eigenvalue weighted by Gasteiger charge is -2.07. The highest BCUT2D eigenvalue weighted by molar-refractivity contribution is 7.17. The van der Waals surface area contributed by atoms with Crippen LogP contribution in [-0.2, 0) is 6.54 Å². The summed E-state index contributed by atoms with van der Waals surface area (Å²) in [5, 5.41) is 12.8. The molecule has 0 spiro atoms. The molecule has 4 nitrogen and oxygen atoms in total. The summed E-state index contributed by atoms with van der Waals surface area (Å²) < 4.78 is 2.13. The Kier molecular flexibility index (Phi) is 2.91. The standard InChI is InChI=1S/C14H15N3OS/c1-9-8-17-13(10(2)16-14(17)19-9)7-15-11-4-3-5-12(18)6-11/h3-6,8,15,18H,7H2,1-2H3. The van der Waals surface area contributed by atoms with Gasteiger partial charge in [0.15, 0.2) is 4.96 Å². The predicted molar refractivity (Wildman–Crippen MR) is 78.0 cm³/mol. The summed E-state index contributed by atoms with van der Waals surface area (Å²) in [5.41, 5.74) is 3.10. The second-order valence-corrected chi connectivity index (χ2v) is 5.76. The van der Waals surface area contributed by atoms with Crippen LogP contribution < -0.4 is 5.32 Å². The number of hydrogen-bond acceptors (Lipinski definition) is 4. The summed E-state index contributed by atoms with van der Waals surface area (Å²) in [7, 11) is 0. The number of aromatic nitrogens is 2. The molecule has 2 N–H and O–H groups in total. The van der Waals surface area contributed by atoms with Crippen molar-refractivity contribution in [3.63, 3.8) is 0 Å². The largest absolute Gasteiger partial charge is 0.508 e. The fourth-order valence-electron chi connectivity index (χ4n) is 2.12. The predicted octanol–water partition coefficient (Wildman–Crippen LogP) is 3.33. The molecule has 0 saturated carbocycles. The molecule has 5 heteroatoms. The first-order valence-electron chi connectivity index (χ1n) is 6.10. The smallest absolute Gasteiger partial charge is 0.194 e. The van der Waals surface area contributed by atoms with Crippen molar-refractivity contribution in [3.8, 4) is 5.75 Å². The van der Waals surface area contributed by atoms with Crippen molar-refractivity contribution in [1.29, 1.82) is 0 Å². The molecule has 19 heavy (non-hydrogen) atoms. The van der Waals surface area contributed by atoms with E-state index in [9.17, 15) is 5.11 Å². The number of fused-ring (bicyclic) bond motifs is 1. The van der Waals surface area contributed by atoms with Crippen molar-refractivity contribution in [2.24, 2.45) is 0 Å². The number of hydrogen-bond donors (Lipinski definition) is 2. The fraction of sp³-hybridized carbons (Fsp3) is 0.214. The Bertz CT molecular complexity index is 729. The molecule has 0 aliphatic rings. The Balaban J connectivity index is 1.87. The highest BCUT2D eigenvalue weighted by atomic mass is 32.1. The van der Waals surface area contributed by atoms with Crippen LogP contribution >= 0.6 is 11.3 Å². The molecule has 0 radical (unpaired) electrons. The monoisotopic (exact) mass is 273 g/mol. The van der Waals surface area contributed by atoms with E-state index in [1.807, 2.05) is 19.1 Å². The second kappa shape index (κ2) is 4.59. The van der Waals surface area contributed by atoms with Gasteiger partial charge < -0.3 is 10.4 Å². The molecule has 0 unspecified atom stereocenters. The van der Waals surface area contributed by atoms with E-state index in [1.54, 1.807) is 23.5 Å². The third-order valence-electron chi connectivity index (χ3n) is 3.05. The van der Waals surface area contributed by atoms with Crippen LogP contribution in [0.2, 0.25) is 0 Å². The van der Waals surface area contributed by atoms with Crippen molar-refractivity contribution < 1.29 is 5.11 Å². The molecule has 3 rings (SSSR count). The zero-order valence-corrected chi connectivity index (χ0v) is 11.7. The average molecular weight is 273 g/mol. The van der Waals surface area contributed by atoms with Crippen LogP contribution in [0.3, 0.4) is 0 Å². The van der Waals surface area contributed by atoms with Gasteiger partial charge in [-0.1, -0.05) is 6.07 Å². The molecule has 0 atom stereocenters. The van der Waals surface area contributed by atoms with Gasteiger partial charge in [0.2, 0.25) is 0 Å². The van der Waals surface area contributed by atoms with Crippen LogP contribution in [0, 0.1) is 13.8 Å². The molecule has 2 aromatic heterocycles. The molecular formula is C14H15N3OS. The van der Waals surface area contributed by atoms with Crippen LogP contribution in [0.5, 0.6) is 5.75 Å². The molecular weight excluding hydrogens is 258 g/mol. The summed E-state index contributed by atoms with van der Waals surface area (Å²) in [5.74, 6) is 0.270. The lowest BCUT2D eigenvalue weighted by atomic mass is 10.3. The normalized spacial score (nSPS) is 11.1. The minimum atomic E-state index is 0.270. The molecule has 3 aromatic rings. The first kappa shape index (κ1) is 12.0. The number of nitrogens with one attached hydrogen (secondary N) is 1. The van der Waals surface area contributed by atoms with Crippen molar-refractivity contribution in [2.75, 3.05) is 5.32 Å². The SMILES string of the molecule is Cc1cn2c(CNc3cccc(O)c3)c(C)nc2s1. The number of aryl methyl sites for hydroxylation is 2. The van der Waals surface area contributed by atoms with Crippen molar-refractivity contribution >= 4 is 22.0 Å². The quantitative estimate of drug-likeness (QED) is 0.769. The Morgan fingerprint density at radius 2 is 2.21 bits per heavy atom. The van der Waals surface area contributed by atoms with Gasteiger partial charge in [-0.3, -0.25) is 4.40 Å². The summed E-state index contributed by atoms with van der Waals surface area (Å²) in [4.78, 5) is 6.84. The minimum absolute atomic E-state index is 0.270. The summed E-state index contributed by atoms with van der Waals surface area (Å²) in [6, 6.07) is 7.14. The van der Waals surface area contributed by atoms with E-state index < -0.39 is 0 Å². The number of benzene rings is 1. The maximum absolute atomic E-state index is 9.44. The minimum Gasteiger partial charge on any atom is -0.508 e. The Morgan fingerprint density at radius 1 is 1.37 bits per heavy atom. The van der Waals surface area contributed by atoms with E-state index in [-0.39, 0.29) is 5.75 Å². The topological polar surface area (TPSA) is 49.6 Å². The number of aromatic hydroxyl groups is 1. The molecule has 0 amide bonds. The maximum atomic E-state index is 9.44. The van der Waals surface area contributed by atoms with E-state index in [4.69, 9.17) is 0 Å². The molecule has 0 aliphatic heterocycles. The van der Waals surface area contributed by atoms with Gasteiger partial charge in [-0.2, -0.15) is 0 Å². The van der Waals surface area contributed by atoms with Crippen LogP contribution in [-0.4, -0.2) is 14.5 Å². The number of phenols is 1. The van der Waals surface area contributed by atoms with Crippen LogP contribution in [0.1, 0.15) is 16.3 Å². The molecule has 0 saturated heterocycles. The first-order valence-corrected chi connectivity index (χ1v) is 6.92. The van der Waals surface area contributed by atoms with Gasteiger partial charge >= 0.3 is 0 Å². The van der Waals surface area contributed by atoms with Crippen molar-refractivity contribution in [2.45, 2.75) is 20.4 Å². The Morgan fingerprint density at radius 3 is 3.00 bits per heavy atom. The van der Waals surface area contributed by atoms with Gasteiger partial charge in [0.05, 0.1) is 17.9 Å². The maximum Gasteiger partial charge on any atom is 0.194 e. The number of nitrogens with zero attached hydrogens (tertiary/aromatic N) is 2. The number of thiazole rings is 1. The molecule has 98 valence electrons. The van der Waals surface area contributed by atoms with Crippen LogP contribution in [0.25, 0.3) is 4.96 Å². The number of anilines is 1. The third-order valence-corrected chi connectivity index (χ3v) is 3.95. The van der Waals surface area contributed by atoms with Gasteiger partial charge in [0.25, 0.3) is 0 Å². The Labute approximate surface area is 115 Å². The number of phenolic OH excluding ortho intramolecular Hbond substituents is 1. The Hall–Kier alpha value is -2.01. The zero-order chi connectivity index (χ0) is 13.4. The van der Waals surface area contributed by atoms with Gasteiger partial charge in [-0.25, -0.2) is 4.98 Å². The van der Waals surface area contributed by atoms with Gasteiger partial charge in [-0.05, 0) is 26.0 Å². The van der Waals surface area contributed by atoms with Gasteiger partial charge in [0, 0.05) is 22.8 Å². The van der Waals surface area contributed by atoms with Crippen molar-refractivity contribution in [3.05, 3.63) is 46.7 Å². The molecule has 0 aliphatic carbocycles. The van der Waals surface area contributed by atoms with E-state index in [1.165, 1.54) is 4.88 Å². The van der Waals surface area contributed by atoms with Crippen LogP contribution in [0.15, 0.2) is 30.5 Å².